The van der Waals surface area contributed by atoms with Crippen molar-refractivity contribution in [1.29, 1.82) is 0 Å². The van der Waals surface area contributed by atoms with Crippen LogP contribution in [0.2, 0.25) is 0 Å². The average Bonchev–Trinajstić information content (AvgIpc) is 2.85. The molecule has 1 saturated carbocycles. The van der Waals surface area contributed by atoms with Gasteiger partial charge in [0.2, 0.25) is 0 Å². The van der Waals surface area contributed by atoms with Gasteiger partial charge in [0.1, 0.15) is 5.82 Å². The lowest BCUT2D eigenvalue weighted by atomic mass is 9.88. The number of nitrogens with two attached hydrogens (primary N) is 1. The van der Waals surface area contributed by atoms with E-state index < -0.39 is 5.91 Å². The van der Waals surface area contributed by atoms with Crippen LogP contribution in [0, 0.1) is 0 Å². The van der Waals surface area contributed by atoms with Gasteiger partial charge < -0.3 is 15.2 Å². The summed E-state index contributed by atoms with van der Waals surface area (Å²) in [5, 5.41) is 5.08. The second-order valence-corrected chi connectivity index (χ2v) is 10.7. The number of aromatic nitrogens is 2. The van der Waals surface area contributed by atoms with Crippen molar-refractivity contribution in [2.24, 2.45) is 10.8 Å². The van der Waals surface area contributed by atoms with Gasteiger partial charge in [0.05, 0.1) is 28.7 Å². The number of primary amides is 1. The number of nitrogens with zero attached hydrogens (tertiary/aromatic N) is 3. The minimum absolute atomic E-state index is 0.163. The van der Waals surface area contributed by atoms with Gasteiger partial charge >= 0.3 is 0 Å². The molecule has 11 heteroatoms. The number of fused-ring (bicyclic) bond motifs is 1. The number of halogens is 3. The number of hydrogen-bond acceptors (Lipinski definition) is 6. The van der Waals surface area contributed by atoms with Crippen molar-refractivity contribution in [3.8, 4) is 11.5 Å². The van der Waals surface area contributed by atoms with Gasteiger partial charge in [0.25, 0.3) is 11.5 Å². The molecule has 0 aliphatic heterocycles. The third-order valence-corrected chi connectivity index (χ3v) is 8.49. The van der Waals surface area contributed by atoms with Gasteiger partial charge in [-0.3, -0.25) is 9.59 Å². The van der Waals surface area contributed by atoms with E-state index in [1.807, 2.05) is 12.1 Å². The van der Waals surface area contributed by atoms with E-state index in [1.165, 1.54) is 18.2 Å². The fourth-order valence-electron chi connectivity index (χ4n) is 4.15. The molecule has 0 atom stereocenters. The van der Waals surface area contributed by atoms with E-state index in [9.17, 15) is 9.59 Å². The first kappa shape index (κ1) is 25.8. The van der Waals surface area contributed by atoms with Gasteiger partial charge in [0, 0.05) is 20.4 Å². The number of carbonyl (C=O) groups excluding carboxylic acids is 1. The van der Waals surface area contributed by atoms with Gasteiger partial charge in [-0.25, -0.2) is 4.98 Å². The molecule has 1 amide bonds. The maximum atomic E-state index is 13.5. The van der Waals surface area contributed by atoms with Crippen LogP contribution in [0.5, 0.6) is 11.5 Å². The molecule has 4 rings (SSSR count). The van der Waals surface area contributed by atoms with Crippen LogP contribution in [0.1, 0.15) is 49.4 Å². The number of methoxy groups -OCH3 is 1. The third-order valence-electron chi connectivity index (χ3n) is 5.85. The highest BCUT2D eigenvalue weighted by molar-refractivity contribution is 9.13. The number of rotatable bonds is 7. The Morgan fingerprint density at radius 2 is 1.94 bits per heavy atom. The zero-order chi connectivity index (χ0) is 25.1. The molecule has 1 heterocycles. The Balaban J connectivity index is 1.82. The summed E-state index contributed by atoms with van der Waals surface area (Å²) in [6, 6.07) is 7.20. The number of hydrogen-bond donors (Lipinski definition) is 1. The predicted molar refractivity (Wildman–Crippen MR) is 146 cm³/mol. The van der Waals surface area contributed by atoms with Gasteiger partial charge in [0.15, 0.2) is 18.1 Å². The summed E-state index contributed by atoms with van der Waals surface area (Å²) in [7, 11) is 1.49. The van der Waals surface area contributed by atoms with E-state index >= 15 is 0 Å². The maximum absolute atomic E-state index is 13.5. The summed E-state index contributed by atoms with van der Waals surface area (Å²) in [5.74, 6) is 0.932. The fraction of sp³-hybridized carbons (Fsp3) is 0.333. The van der Waals surface area contributed by atoms with Crippen LogP contribution in [-0.4, -0.2) is 35.5 Å². The SMILES string of the molecule is COc1cc(C=Nn2c(C3CCCCC3)nc3ccc(Br)cc3c2=O)c(Br)c(Br)c1OCC(N)=O. The largest absolute Gasteiger partial charge is 0.493 e. The lowest BCUT2D eigenvalue weighted by Gasteiger charge is -2.22. The van der Waals surface area contributed by atoms with E-state index in [2.05, 4.69) is 52.9 Å². The molecule has 0 unspecified atom stereocenters. The summed E-state index contributed by atoms with van der Waals surface area (Å²) in [6.07, 6.45) is 6.91. The number of carbonyl (C=O) groups is 1. The summed E-state index contributed by atoms with van der Waals surface area (Å²) >= 11 is 10.5. The molecule has 0 saturated heterocycles. The van der Waals surface area contributed by atoms with Crippen molar-refractivity contribution < 1.29 is 14.3 Å². The van der Waals surface area contributed by atoms with Crippen LogP contribution < -0.4 is 20.8 Å². The van der Waals surface area contributed by atoms with Crippen molar-refractivity contribution >= 4 is 70.8 Å². The fourth-order valence-corrected chi connectivity index (χ4v) is 5.45. The quantitative estimate of drug-likeness (QED) is 0.335. The Kier molecular flexibility index (Phi) is 8.28. The molecule has 0 radical (unpaired) electrons. The highest BCUT2D eigenvalue weighted by Gasteiger charge is 2.23. The van der Waals surface area contributed by atoms with E-state index in [0.717, 1.165) is 30.2 Å². The second-order valence-electron chi connectivity index (χ2n) is 8.21. The standard InChI is InChI=1S/C24H23Br3N4O4/c1-34-18-9-14(20(26)21(27)22(18)35-12-19(28)32)11-29-31-23(13-5-3-2-4-6-13)30-17-8-7-15(25)10-16(17)24(31)33/h7-11,13H,2-6,12H2,1H3,(H2,28,32). The van der Waals surface area contributed by atoms with Crippen molar-refractivity contribution in [1.82, 2.24) is 9.66 Å². The Morgan fingerprint density at radius 1 is 1.20 bits per heavy atom. The highest BCUT2D eigenvalue weighted by atomic mass is 79.9. The Bertz CT molecular complexity index is 1370. The van der Waals surface area contributed by atoms with Gasteiger partial charge in [-0.05, 0) is 69.0 Å². The molecule has 0 spiro atoms. The summed E-state index contributed by atoms with van der Waals surface area (Å²) in [6.45, 7) is -0.298. The Hall–Kier alpha value is -2.24. The molecule has 2 aromatic carbocycles. The van der Waals surface area contributed by atoms with Gasteiger partial charge in [-0.15, -0.1) is 0 Å². The van der Waals surface area contributed by atoms with Crippen LogP contribution in [-0.2, 0) is 4.79 Å². The van der Waals surface area contributed by atoms with Crippen molar-refractivity contribution in [2.45, 2.75) is 38.0 Å². The highest BCUT2D eigenvalue weighted by Crippen LogP contribution is 2.42. The van der Waals surface area contributed by atoms with Gasteiger partial charge in [-0.2, -0.15) is 9.78 Å². The molecule has 8 nitrogen and oxygen atoms in total. The summed E-state index contributed by atoms with van der Waals surface area (Å²) in [5.41, 5.74) is 6.28. The first-order chi connectivity index (χ1) is 16.8. The lowest BCUT2D eigenvalue weighted by Crippen LogP contribution is -2.25. The van der Waals surface area contributed by atoms with Crippen molar-refractivity contribution in [3.05, 3.63) is 59.4 Å². The molecule has 1 aliphatic rings. The monoisotopic (exact) mass is 668 g/mol. The van der Waals surface area contributed by atoms with Crippen LogP contribution >= 0.6 is 47.8 Å². The molecule has 35 heavy (non-hydrogen) atoms. The van der Waals surface area contributed by atoms with Crippen LogP contribution in [0.15, 0.2) is 47.6 Å². The molecule has 3 aromatic rings. The third kappa shape index (κ3) is 5.62. The molecular formula is C24H23Br3N4O4. The van der Waals surface area contributed by atoms with Crippen LogP contribution in [0.4, 0.5) is 0 Å². The lowest BCUT2D eigenvalue weighted by molar-refractivity contribution is -0.119. The van der Waals surface area contributed by atoms with Crippen LogP contribution in [0.25, 0.3) is 10.9 Å². The first-order valence-corrected chi connectivity index (χ1v) is 13.4. The van der Waals surface area contributed by atoms with Gasteiger partial charge in [-0.1, -0.05) is 35.2 Å². The molecule has 1 fully saturated rings. The second kappa shape index (κ2) is 11.2. The molecule has 2 N–H and O–H groups in total. The van der Waals surface area contributed by atoms with E-state index in [1.54, 1.807) is 18.3 Å². The molecule has 0 bridgehead atoms. The summed E-state index contributed by atoms with van der Waals surface area (Å²) in [4.78, 5) is 29.6. The molecule has 1 aliphatic carbocycles. The van der Waals surface area contributed by atoms with Crippen LogP contribution in [0.3, 0.4) is 0 Å². The van der Waals surface area contributed by atoms with E-state index in [4.69, 9.17) is 20.2 Å². The number of amides is 1. The average molecular weight is 671 g/mol. The molecular weight excluding hydrogens is 648 g/mol. The minimum Gasteiger partial charge on any atom is -0.493 e. The predicted octanol–water partition coefficient (Wildman–Crippen LogP) is 5.49. The van der Waals surface area contributed by atoms with Crippen molar-refractivity contribution in [2.75, 3.05) is 13.7 Å². The number of ether oxygens (including phenoxy) is 2. The normalized spacial score (nSPS) is 14.5. The Morgan fingerprint density at radius 3 is 2.63 bits per heavy atom. The molecule has 184 valence electrons. The van der Waals surface area contributed by atoms with Crippen molar-refractivity contribution in [3.63, 3.8) is 0 Å². The maximum Gasteiger partial charge on any atom is 0.282 e. The zero-order valence-corrected chi connectivity index (χ0v) is 23.7. The topological polar surface area (TPSA) is 109 Å². The minimum atomic E-state index is -0.606. The molecule has 1 aromatic heterocycles. The number of benzene rings is 2. The first-order valence-electron chi connectivity index (χ1n) is 11.0. The van der Waals surface area contributed by atoms with E-state index in [-0.39, 0.29) is 18.1 Å². The summed E-state index contributed by atoms with van der Waals surface area (Å²) < 4.78 is 14.3. The van der Waals surface area contributed by atoms with E-state index in [0.29, 0.717) is 42.7 Å². The zero-order valence-electron chi connectivity index (χ0n) is 18.9. The smallest absolute Gasteiger partial charge is 0.282 e. The Labute approximate surface area is 227 Å².